The number of nitrogens with zero attached hydrogens (tertiary/aromatic N) is 3. The maximum absolute atomic E-state index is 12.4. The third-order valence-electron chi connectivity index (χ3n) is 4.21. The van der Waals surface area contributed by atoms with Crippen LogP contribution in [0.3, 0.4) is 0 Å². The molecular weight excluding hydrogens is 334 g/mol. The molecule has 0 fully saturated rings. The van der Waals surface area contributed by atoms with E-state index in [1.54, 1.807) is 10.0 Å². The minimum absolute atomic E-state index is 0.0268. The van der Waals surface area contributed by atoms with E-state index in [4.69, 9.17) is 0 Å². The van der Waals surface area contributed by atoms with Crippen LogP contribution in [0.2, 0.25) is 0 Å². The number of hydrogen-bond acceptors (Lipinski definition) is 5. The molecule has 25 heavy (non-hydrogen) atoms. The third kappa shape index (κ3) is 3.88. The first-order valence-corrected chi connectivity index (χ1v) is 9.25. The van der Waals surface area contributed by atoms with Gasteiger partial charge in [0.05, 0.1) is 18.4 Å². The molecule has 3 rings (SSSR count). The highest BCUT2D eigenvalue weighted by Gasteiger charge is 2.15. The Morgan fingerprint density at radius 2 is 2.12 bits per heavy atom. The van der Waals surface area contributed by atoms with Crippen molar-refractivity contribution in [2.75, 3.05) is 11.9 Å². The van der Waals surface area contributed by atoms with E-state index in [0.29, 0.717) is 5.92 Å². The molecule has 0 saturated carbocycles. The average molecular weight is 357 g/mol. The molecule has 0 aliphatic heterocycles. The van der Waals surface area contributed by atoms with Crippen molar-refractivity contribution in [1.29, 1.82) is 0 Å². The lowest BCUT2D eigenvalue weighted by atomic mass is 9.98. The molecule has 132 valence electrons. The van der Waals surface area contributed by atoms with E-state index in [2.05, 4.69) is 40.6 Å². The zero-order valence-corrected chi connectivity index (χ0v) is 15.7. The summed E-state index contributed by atoms with van der Waals surface area (Å²) in [5.74, 6) is 0.301. The molecule has 6 nitrogen and oxygen atoms in total. The summed E-state index contributed by atoms with van der Waals surface area (Å²) in [6, 6.07) is 6.08. The second kappa shape index (κ2) is 7.33. The van der Waals surface area contributed by atoms with Crippen molar-refractivity contribution < 1.29 is 4.79 Å². The summed E-state index contributed by atoms with van der Waals surface area (Å²) in [7, 11) is 0. The standard InChI is InChI=1S/C18H23N5OS/c1-11(2)14-7-5-6-12(3)17(14)22-16(24)8-19-13(4)15-9-23-18(21-15)25-10-20-23/h5-7,9-11,13,19H,8H2,1-4H3,(H,22,24). The van der Waals surface area contributed by atoms with Gasteiger partial charge in [0, 0.05) is 11.7 Å². The van der Waals surface area contributed by atoms with Crippen molar-refractivity contribution in [1.82, 2.24) is 19.9 Å². The molecule has 1 atom stereocenters. The lowest BCUT2D eigenvalue weighted by Gasteiger charge is -2.17. The maximum atomic E-state index is 12.4. The first kappa shape index (κ1) is 17.6. The Kier molecular flexibility index (Phi) is 5.15. The summed E-state index contributed by atoms with van der Waals surface area (Å²) < 4.78 is 1.75. The van der Waals surface area contributed by atoms with Gasteiger partial charge in [-0.05, 0) is 30.9 Å². The summed E-state index contributed by atoms with van der Waals surface area (Å²) in [5.41, 5.74) is 5.79. The zero-order valence-electron chi connectivity index (χ0n) is 14.9. The van der Waals surface area contributed by atoms with Crippen LogP contribution in [0.25, 0.3) is 4.96 Å². The van der Waals surface area contributed by atoms with Gasteiger partial charge in [0.15, 0.2) is 0 Å². The van der Waals surface area contributed by atoms with Crippen molar-refractivity contribution in [3.8, 4) is 0 Å². The number of carbonyl (C=O) groups excluding carboxylic acids is 1. The van der Waals surface area contributed by atoms with Gasteiger partial charge in [0.25, 0.3) is 0 Å². The number of carbonyl (C=O) groups is 1. The Bertz CT molecular complexity index is 854. The summed E-state index contributed by atoms with van der Waals surface area (Å²) in [4.78, 5) is 17.8. The molecule has 0 aliphatic carbocycles. The Morgan fingerprint density at radius 3 is 2.84 bits per heavy atom. The Balaban J connectivity index is 1.62. The smallest absolute Gasteiger partial charge is 0.238 e. The average Bonchev–Trinajstić information content (AvgIpc) is 3.16. The van der Waals surface area contributed by atoms with Crippen molar-refractivity contribution >= 4 is 27.9 Å². The van der Waals surface area contributed by atoms with E-state index in [-0.39, 0.29) is 18.5 Å². The fourth-order valence-corrected chi connectivity index (χ4v) is 3.35. The van der Waals surface area contributed by atoms with Gasteiger partial charge in [-0.2, -0.15) is 5.10 Å². The lowest BCUT2D eigenvalue weighted by Crippen LogP contribution is -2.30. The molecule has 0 radical (unpaired) electrons. The Labute approximate surface area is 151 Å². The number of rotatable bonds is 6. The van der Waals surface area contributed by atoms with Gasteiger partial charge >= 0.3 is 0 Å². The van der Waals surface area contributed by atoms with Gasteiger partial charge in [-0.25, -0.2) is 9.50 Å². The number of imidazole rings is 1. The van der Waals surface area contributed by atoms with E-state index >= 15 is 0 Å². The molecule has 1 amide bonds. The molecule has 2 aromatic heterocycles. The number of nitrogens with one attached hydrogen (secondary N) is 2. The number of aryl methyl sites for hydroxylation is 1. The monoisotopic (exact) mass is 357 g/mol. The van der Waals surface area contributed by atoms with Gasteiger partial charge in [-0.3, -0.25) is 4.79 Å². The Hall–Kier alpha value is -2.25. The number of amides is 1. The summed E-state index contributed by atoms with van der Waals surface area (Å²) in [5, 5.41) is 10.5. The van der Waals surface area contributed by atoms with E-state index in [0.717, 1.165) is 27.5 Å². The minimum atomic E-state index is -0.0535. The van der Waals surface area contributed by atoms with Gasteiger partial charge in [0.2, 0.25) is 10.9 Å². The van der Waals surface area contributed by atoms with Gasteiger partial charge in [0.1, 0.15) is 5.51 Å². The normalized spacial score (nSPS) is 12.7. The largest absolute Gasteiger partial charge is 0.324 e. The molecule has 2 N–H and O–H groups in total. The first-order chi connectivity index (χ1) is 12.0. The van der Waals surface area contributed by atoms with E-state index < -0.39 is 0 Å². The lowest BCUT2D eigenvalue weighted by molar-refractivity contribution is -0.115. The van der Waals surface area contributed by atoms with Crippen molar-refractivity contribution in [2.24, 2.45) is 0 Å². The van der Waals surface area contributed by atoms with E-state index in [1.807, 2.05) is 32.2 Å². The fraction of sp³-hybridized carbons (Fsp3) is 0.389. The number of hydrogen-bond donors (Lipinski definition) is 2. The van der Waals surface area contributed by atoms with Crippen LogP contribution in [0.5, 0.6) is 0 Å². The molecule has 1 unspecified atom stereocenters. The second-order valence-corrected chi connectivity index (χ2v) is 7.29. The van der Waals surface area contributed by atoms with Crippen LogP contribution in [0, 0.1) is 6.92 Å². The van der Waals surface area contributed by atoms with Crippen LogP contribution >= 0.6 is 11.3 Å². The van der Waals surface area contributed by atoms with Crippen LogP contribution in [0.1, 0.15) is 49.6 Å². The zero-order chi connectivity index (χ0) is 18.0. The highest BCUT2D eigenvalue weighted by molar-refractivity contribution is 7.14. The first-order valence-electron chi connectivity index (χ1n) is 8.37. The number of anilines is 1. The molecule has 0 saturated heterocycles. The van der Waals surface area contributed by atoms with Gasteiger partial charge in [-0.15, -0.1) is 0 Å². The molecule has 2 heterocycles. The number of aromatic nitrogens is 3. The van der Waals surface area contributed by atoms with Crippen LogP contribution < -0.4 is 10.6 Å². The predicted octanol–water partition coefficient (Wildman–Crippen LogP) is 3.51. The van der Waals surface area contributed by atoms with E-state index in [9.17, 15) is 4.79 Å². The predicted molar refractivity (Wildman–Crippen MR) is 101 cm³/mol. The van der Waals surface area contributed by atoms with E-state index in [1.165, 1.54) is 11.3 Å². The Morgan fingerprint density at radius 1 is 1.32 bits per heavy atom. The third-order valence-corrected chi connectivity index (χ3v) is 4.90. The maximum Gasteiger partial charge on any atom is 0.238 e. The van der Waals surface area contributed by atoms with Crippen molar-refractivity contribution in [3.05, 3.63) is 46.7 Å². The number of para-hydroxylation sites is 1. The molecule has 0 aliphatic rings. The van der Waals surface area contributed by atoms with Gasteiger partial charge in [-0.1, -0.05) is 43.4 Å². The van der Waals surface area contributed by atoms with Crippen LogP contribution in [-0.4, -0.2) is 27.0 Å². The van der Waals surface area contributed by atoms with Crippen molar-refractivity contribution in [3.63, 3.8) is 0 Å². The molecule has 0 spiro atoms. The molecule has 1 aromatic carbocycles. The molecule has 3 aromatic rings. The van der Waals surface area contributed by atoms with Gasteiger partial charge < -0.3 is 10.6 Å². The van der Waals surface area contributed by atoms with Crippen LogP contribution in [-0.2, 0) is 4.79 Å². The second-order valence-electron chi connectivity index (χ2n) is 6.48. The summed E-state index contributed by atoms with van der Waals surface area (Å²) in [6.07, 6.45) is 1.89. The highest BCUT2D eigenvalue weighted by Crippen LogP contribution is 2.27. The molecular formula is C18H23N5OS. The topological polar surface area (TPSA) is 71.3 Å². The summed E-state index contributed by atoms with van der Waals surface area (Å²) in [6.45, 7) is 8.49. The summed E-state index contributed by atoms with van der Waals surface area (Å²) >= 11 is 1.49. The van der Waals surface area contributed by atoms with Crippen molar-refractivity contribution in [2.45, 2.75) is 39.7 Å². The SMILES string of the molecule is Cc1cccc(C(C)C)c1NC(=O)CNC(C)c1cn2ncsc2n1. The fourth-order valence-electron chi connectivity index (χ4n) is 2.74. The van der Waals surface area contributed by atoms with Crippen LogP contribution in [0.4, 0.5) is 5.69 Å². The highest BCUT2D eigenvalue weighted by atomic mass is 32.1. The molecule has 7 heteroatoms. The van der Waals surface area contributed by atoms with Crippen LogP contribution in [0.15, 0.2) is 29.9 Å². The quantitative estimate of drug-likeness (QED) is 0.708. The number of fused-ring (bicyclic) bond motifs is 1. The minimum Gasteiger partial charge on any atom is -0.324 e. The molecule has 0 bridgehead atoms. The number of benzene rings is 1.